The van der Waals surface area contributed by atoms with Gasteiger partial charge in [0.1, 0.15) is 12.6 Å². The first-order valence-corrected chi connectivity index (χ1v) is 14.5. The van der Waals surface area contributed by atoms with E-state index in [1.54, 1.807) is 55.5 Å². The van der Waals surface area contributed by atoms with E-state index in [1.165, 1.54) is 29.2 Å². The third kappa shape index (κ3) is 7.41. The molecule has 0 unspecified atom stereocenters. The minimum Gasteiger partial charge on any atom is -0.354 e. The second-order valence-corrected chi connectivity index (χ2v) is 11.7. The number of carbonyl (C=O) groups is 2. The number of benzene rings is 3. The first-order valence-electron chi connectivity index (χ1n) is 11.9. The van der Waals surface area contributed by atoms with Crippen molar-refractivity contribution in [2.24, 2.45) is 0 Å². The molecule has 0 aliphatic heterocycles. The van der Waals surface area contributed by atoms with Gasteiger partial charge in [-0.05, 0) is 67.4 Å². The van der Waals surface area contributed by atoms with Gasteiger partial charge in [-0.3, -0.25) is 13.9 Å². The fourth-order valence-corrected chi connectivity index (χ4v) is 5.53. The van der Waals surface area contributed by atoms with Crippen LogP contribution in [0.1, 0.15) is 25.8 Å². The van der Waals surface area contributed by atoms with E-state index in [9.17, 15) is 18.0 Å². The molecule has 0 heterocycles. The number of nitrogens with zero attached hydrogens (tertiary/aromatic N) is 2. The van der Waals surface area contributed by atoms with E-state index in [0.717, 1.165) is 10.7 Å². The number of para-hydroxylation sites is 1. The van der Waals surface area contributed by atoms with Gasteiger partial charge in [0.25, 0.3) is 10.0 Å². The second kappa shape index (κ2) is 13.3. The SMILES string of the molecule is CCCNC(=O)[C@H](C)N(Cc1ccc(Cl)c(Cl)c1)C(=O)CN(c1ccccc1)S(=O)(=O)c1ccc(Cl)cc1. The molecule has 3 rings (SSSR count). The van der Waals surface area contributed by atoms with E-state index < -0.39 is 28.5 Å². The molecule has 38 heavy (non-hydrogen) atoms. The van der Waals surface area contributed by atoms with E-state index in [0.29, 0.717) is 32.9 Å². The minimum absolute atomic E-state index is 0.0139. The van der Waals surface area contributed by atoms with Crippen LogP contribution in [-0.2, 0) is 26.2 Å². The van der Waals surface area contributed by atoms with E-state index >= 15 is 0 Å². The molecule has 0 spiro atoms. The Morgan fingerprint density at radius 3 is 2.18 bits per heavy atom. The Kier molecular flexibility index (Phi) is 10.4. The topological polar surface area (TPSA) is 86.8 Å². The number of carbonyl (C=O) groups excluding carboxylic acids is 2. The maximum Gasteiger partial charge on any atom is 0.264 e. The van der Waals surface area contributed by atoms with Crippen LogP contribution in [0.2, 0.25) is 15.1 Å². The fourth-order valence-electron chi connectivity index (χ4n) is 3.67. The van der Waals surface area contributed by atoms with Crippen LogP contribution in [-0.4, -0.2) is 44.3 Å². The van der Waals surface area contributed by atoms with Crippen molar-refractivity contribution in [3.63, 3.8) is 0 Å². The monoisotopic (exact) mass is 595 g/mol. The first kappa shape index (κ1) is 29.8. The summed E-state index contributed by atoms with van der Waals surface area (Å²) in [6.45, 7) is 3.44. The quantitative estimate of drug-likeness (QED) is 0.304. The predicted molar refractivity (Wildman–Crippen MR) is 152 cm³/mol. The predicted octanol–water partition coefficient (Wildman–Crippen LogP) is 5.79. The van der Waals surface area contributed by atoms with Gasteiger partial charge in [0.15, 0.2) is 0 Å². The second-order valence-electron chi connectivity index (χ2n) is 8.54. The van der Waals surface area contributed by atoms with Crippen molar-refractivity contribution in [3.8, 4) is 0 Å². The molecule has 2 amide bonds. The van der Waals surface area contributed by atoms with Crippen molar-refractivity contribution in [2.45, 2.75) is 37.8 Å². The molecule has 0 radical (unpaired) electrons. The van der Waals surface area contributed by atoms with Gasteiger partial charge in [-0.1, -0.05) is 66.0 Å². The van der Waals surface area contributed by atoms with Crippen LogP contribution in [0.5, 0.6) is 0 Å². The van der Waals surface area contributed by atoms with E-state index in [-0.39, 0.29) is 17.3 Å². The molecule has 1 N–H and O–H groups in total. The molecule has 0 saturated heterocycles. The molecular weight excluding hydrogens is 569 g/mol. The number of halogens is 3. The van der Waals surface area contributed by atoms with Crippen molar-refractivity contribution >= 4 is 62.3 Å². The third-order valence-electron chi connectivity index (χ3n) is 5.78. The van der Waals surface area contributed by atoms with Gasteiger partial charge < -0.3 is 10.2 Å². The number of anilines is 1. The molecule has 0 bridgehead atoms. The summed E-state index contributed by atoms with van der Waals surface area (Å²) in [4.78, 5) is 28.0. The number of amides is 2. The summed E-state index contributed by atoms with van der Waals surface area (Å²) >= 11 is 18.2. The molecule has 1 atom stereocenters. The van der Waals surface area contributed by atoms with Crippen molar-refractivity contribution in [1.82, 2.24) is 10.2 Å². The van der Waals surface area contributed by atoms with E-state index in [2.05, 4.69) is 5.32 Å². The molecule has 7 nitrogen and oxygen atoms in total. The van der Waals surface area contributed by atoms with Crippen LogP contribution in [0.4, 0.5) is 5.69 Å². The van der Waals surface area contributed by atoms with Gasteiger partial charge in [-0.15, -0.1) is 0 Å². The zero-order valence-electron chi connectivity index (χ0n) is 20.9. The van der Waals surface area contributed by atoms with Crippen molar-refractivity contribution in [2.75, 3.05) is 17.4 Å². The summed E-state index contributed by atoms with van der Waals surface area (Å²) in [5, 5.41) is 3.83. The Morgan fingerprint density at radius 1 is 0.921 bits per heavy atom. The molecular formula is C27H28Cl3N3O4S. The van der Waals surface area contributed by atoms with Gasteiger partial charge in [0, 0.05) is 18.1 Å². The van der Waals surface area contributed by atoms with Crippen molar-refractivity contribution in [1.29, 1.82) is 0 Å². The number of nitrogens with one attached hydrogen (secondary N) is 1. The minimum atomic E-state index is -4.16. The Labute approximate surface area is 238 Å². The average molecular weight is 597 g/mol. The van der Waals surface area contributed by atoms with Gasteiger partial charge in [-0.2, -0.15) is 0 Å². The van der Waals surface area contributed by atoms with Crippen LogP contribution >= 0.6 is 34.8 Å². The third-order valence-corrected chi connectivity index (χ3v) is 8.56. The van der Waals surface area contributed by atoms with Crippen LogP contribution in [0.3, 0.4) is 0 Å². The molecule has 3 aromatic carbocycles. The highest BCUT2D eigenvalue weighted by molar-refractivity contribution is 7.92. The van der Waals surface area contributed by atoms with Crippen molar-refractivity contribution in [3.05, 3.63) is 93.4 Å². The highest BCUT2D eigenvalue weighted by Crippen LogP contribution is 2.26. The molecule has 0 aromatic heterocycles. The molecule has 3 aromatic rings. The largest absolute Gasteiger partial charge is 0.354 e. The lowest BCUT2D eigenvalue weighted by molar-refractivity contribution is -0.139. The van der Waals surface area contributed by atoms with Crippen molar-refractivity contribution < 1.29 is 18.0 Å². The number of hydrogen-bond donors (Lipinski definition) is 1. The smallest absolute Gasteiger partial charge is 0.264 e. The number of hydrogen-bond acceptors (Lipinski definition) is 4. The van der Waals surface area contributed by atoms with Crippen LogP contribution in [0, 0.1) is 0 Å². The van der Waals surface area contributed by atoms with Crippen LogP contribution < -0.4 is 9.62 Å². The summed E-state index contributed by atoms with van der Waals surface area (Å²) in [6, 6.07) is 18.0. The standard InChI is InChI=1S/C27H28Cl3N3O4S/c1-3-15-31-27(35)19(2)32(17-20-9-14-24(29)25(30)16-20)26(34)18-33(22-7-5-4-6-8-22)38(36,37)23-12-10-21(28)11-13-23/h4-14,16,19H,3,15,17-18H2,1-2H3,(H,31,35)/t19-/m0/s1. The molecule has 0 aliphatic rings. The van der Waals surface area contributed by atoms with Gasteiger partial charge in [0.05, 0.1) is 20.6 Å². The Morgan fingerprint density at radius 2 is 1.58 bits per heavy atom. The van der Waals surface area contributed by atoms with Crippen LogP contribution in [0.15, 0.2) is 77.7 Å². The maximum atomic E-state index is 13.8. The van der Waals surface area contributed by atoms with E-state index in [1.807, 2.05) is 6.92 Å². The number of sulfonamides is 1. The zero-order valence-corrected chi connectivity index (χ0v) is 24.0. The highest BCUT2D eigenvalue weighted by Gasteiger charge is 2.32. The summed E-state index contributed by atoms with van der Waals surface area (Å²) in [5.74, 6) is -0.927. The molecule has 0 fully saturated rings. The summed E-state index contributed by atoms with van der Waals surface area (Å²) < 4.78 is 28.4. The molecule has 0 saturated carbocycles. The molecule has 0 aliphatic carbocycles. The summed E-state index contributed by atoms with van der Waals surface area (Å²) in [6.07, 6.45) is 0.723. The first-order chi connectivity index (χ1) is 18.0. The Hall–Kier alpha value is -2.78. The van der Waals surface area contributed by atoms with E-state index in [4.69, 9.17) is 34.8 Å². The maximum absolute atomic E-state index is 13.8. The van der Waals surface area contributed by atoms with Gasteiger partial charge >= 0.3 is 0 Å². The lowest BCUT2D eigenvalue weighted by atomic mass is 10.1. The van der Waals surface area contributed by atoms with Gasteiger partial charge in [-0.25, -0.2) is 8.42 Å². The van der Waals surface area contributed by atoms with Crippen LogP contribution in [0.25, 0.3) is 0 Å². The lowest BCUT2D eigenvalue weighted by Gasteiger charge is -2.32. The summed E-state index contributed by atoms with van der Waals surface area (Å²) in [7, 11) is -4.16. The highest BCUT2D eigenvalue weighted by atomic mass is 35.5. The number of rotatable bonds is 11. The van der Waals surface area contributed by atoms with Gasteiger partial charge in [0.2, 0.25) is 11.8 Å². The molecule has 202 valence electrons. The fraction of sp³-hybridized carbons (Fsp3) is 0.259. The Bertz CT molecular complexity index is 1370. The normalized spacial score (nSPS) is 12.0. The summed E-state index contributed by atoms with van der Waals surface area (Å²) in [5.41, 5.74) is 0.933. The zero-order chi connectivity index (χ0) is 27.9. The average Bonchev–Trinajstić information content (AvgIpc) is 2.91. The molecule has 11 heteroatoms. The lowest BCUT2D eigenvalue weighted by Crippen LogP contribution is -2.51. The Balaban J connectivity index is 2.00.